The Labute approximate surface area is 75.3 Å². The molecule has 0 aromatic heterocycles. The van der Waals surface area contributed by atoms with Crippen LogP contribution in [0.25, 0.3) is 0 Å². The molecule has 0 spiro atoms. The zero-order valence-corrected chi connectivity index (χ0v) is 9.00. The number of hydrogen-bond donors (Lipinski definition) is 1. The van der Waals surface area contributed by atoms with Gasteiger partial charge in [-0.3, -0.25) is 0 Å². The van der Waals surface area contributed by atoms with E-state index in [4.69, 9.17) is 0 Å². The Morgan fingerprint density at radius 1 is 1.36 bits per heavy atom. The summed E-state index contributed by atoms with van der Waals surface area (Å²) in [6.07, 6.45) is 2.76. The number of rotatable bonds is 2. The third-order valence-electron chi connectivity index (χ3n) is 1.45. The van der Waals surface area contributed by atoms with Crippen LogP contribution in [0.4, 0.5) is 0 Å². The van der Waals surface area contributed by atoms with Crippen molar-refractivity contribution in [3.05, 3.63) is 0 Å². The van der Waals surface area contributed by atoms with Crippen LogP contribution in [-0.4, -0.2) is 17.2 Å². The molecule has 0 aromatic rings. The van der Waals surface area contributed by atoms with Crippen molar-refractivity contribution in [2.75, 3.05) is 5.75 Å². The third-order valence-corrected chi connectivity index (χ3v) is 2.75. The zero-order chi connectivity index (χ0) is 8.69. The van der Waals surface area contributed by atoms with Crippen molar-refractivity contribution in [3.8, 4) is 0 Å². The lowest BCUT2D eigenvalue weighted by Gasteiger charge is -2.13. The molecule has 0 radical (unpaired) electrons. The van der Waals surface area contributed by atoms with E-state index in [9.17, 15) is 0 Å². The molecule has 1 aliphatic rings. The van der Waals surface area contributed by atoms with Crippen molar-refractivity contribution in [3.63, 3.8) is 0 Å². The van der Waals surface area contributed by atoms with Crippen molar-refractivity contribution < 1.29 is 0 Å². The maximum atomic E-state index is 3.50. The number of thioether (sulfide) groups is 1. The molecular formula is C9H21NS. The second-order valence-electron chi connectivity index (χ2n) is 2.82. The van der Waals surface area contributed by atoms with Crippen LogP contribution in [0.5, 0.6) is 0 Å². The maximum absolute atomic E-state index is 3.50. The predicted molar refractivity (Wildman–Crippen MR) is 55.1 cm³/mol. The average Bonchev–Trinajstić information content (AvgIpc) is 2.43. The predicted octanol–water partition coefficient (Wildman–Crippen LogP) is 2.86. The van der Waals surface area contributed by atoms with E-state index in [1.807, 2.05) is 13.8 Å². The van der Waals surface area contributed by atoms with Crippen LogP contribution in [0, 0.1) is 0 Å². The topological polar surface area (TPSA) is 12.0 Å². The van der Waals surface area contributed by atoms with Crippen molar-refractivity contribution >= 4 is 11.8 Å². The first-order chi connectivity index (χ1) is 5.29. The SMILES string of the molecule is CC.CC(C)NC1CCCS1. The summed E-state index contributed by atoms with van der Waals surface area (Å²) in [5.41, 5.74) is 0. The van der Waals surface area contributed by atoms with Gasteiger partial charge in [0.15, 0.2) is 0 Å². The molecule has 0 saturated carbocycles. The first-order valence-electron chi connectivity index (χ1n) is 4.66. The molecule has 1 N–H and O–H groups in total. The van der Waals surface area contributed by atoms with Crippen molar-refractivity contribution in [1.82, 2.24) is 5.32 Å². The van der Waals surface area contributed by atoms with Gasteiger partial charge in [0.2, 0.25) is 0 Å². The summed E-state index contributed by atoms with van der Waals surface area (Å²) in [5.74, 6) is 1.35. The molecule has 1 saturated heterocycles. The van der Waals surface area contributed by atoms with Gasteiger partial charge in [0.1, 0.15) is 0 Å². The van der Waals surface area contributed by atoms with Crippen molar-refractivity contribution in [1.29, 1.82) is 0 Å². The molecule has 1 nitrogen and oxygen atoms in total. The molecule has 0 aromatic carbocycles. The lowest BCUT2D eigenvalue weighted by atomic mass is 10.3. The zero-order valence-electron chi connectivity index (χ0n) is 8.18. The smallest absolute Gasteiger partial charge is 0.0534 e. The maximum Gasteiger partial charge on any atom is 0.0534 e. The minimum Gasteiger partial charge on any atom is -0.303 e. The van der Waals surface area contributed by atoms with E-state index in [-0.39, 0.29) is 0 Å². The molecule has 1 rings (SSSR count). The highest BCUT2D eigenvalue weighted by molar-refractivity contribution is 8.00. The van der Waals surface area contributed by atoms with Gasteiger partial charge >= 0.3 is 0 Å². The second-order valence-corrected chi connectivity index (χ2v) is 4.13. The van der Waals surface area contributed by atoms with Gasteiger partial charge in [0, 0.05) is 6.04 Å². The Morgan fingerprint density at radius 3 is 2.36 bits per heavy atom. The van der Waals surface area contributed by atoms with E-state index in [1.54, 1.807) is 0 Å². The molecule has 1 aliphatic heterocycles. The summed E-state index contributed by atoms with van der Waals surface area (Å²) >= 11 is 2.06. The van der Waals surface area contributed by atoms with Crippen molar-refractivity contribution in [2.45, 2.75) is 52.0 Å². The van der Waals surface area contributed by atoms with Gasteiger partial charge in [0.05, 0.1) is 5.37 Å². The standard InChI is InChI=1S/C7H15NS.C2H6/c1-6(2)8-7-4-3-5-9-7;1-2/h6-8H,3-5H2,1-2H3;1-2H3. The monoisotopic (exact) mass is 175 g/mol. The Balaban J connectivity index is 0.000000461. The van der Waals surface area contributed by atoms with Gasteiger partial charge in [-0.15, -0.1) is 11.8 Å². The number of nitrogens with one attached hydrogen (secondary N) is 1. The van der Waals surface area contributed by atoms with Crippen LogP contribution < -0.4 is 5.32 Å². The fourth-order valence-corrected chi connectivity index (χ4v) is 2.40. The minimum atomic E-state index is 0.653. The molecule has 68 valence electrons. The van der Waals surface area contributed by atoms with Crippen LogP contribution in [0.3, 0.4) is 0 Å². The van der Waals surface area contributed by atoms with Crippen LogP contribution in [0.2, 0.25) is 0 Å². The molecule has 11 heavy (non-hydrogen) atoms. The Morgan fingerprint density at radius 2 is 2.00 bits per heavy atom. The summed E-state index contributed by atoms with van der Waals surface area (Å²) in [6, 6.07) is 0.653. The highest BCUT2D eigenvalue weighted by Crippen LogP contribution is 2.23. The molecule has 1 atom stereocenters. The normalized spacial score (nSPS) is 23.2. The second kappa shape index (κ2) is 6.99. The fourth-order valence-electron chi connectivity index (χ4n) is 1.08. The van der Waals surface area contributed by atoms with Crippen LogP contribution in [0.15, 0.2) is 0 Å². The third kappa shape index (κ3) is 5.57. The van der Waals surface area contributed by atoms with E-state index in [2.05, 4.69) is 30.9 Å². The highest BCUT2D eigenvalue weighted by Gasteiger charge is 2.14. The summed E-state index contributed by atoms with van der Waals surface area (Å²) in [7, 11) is 0. The van der Waals surface area contributed by atoms with Crippen LogP contribution in [-0.2, 0) is 0 Å². The number of hydrogen-bond acceptors (Lipinski definition) is 2. The molecule has 1 fully saturated rings. The molecule has 0 amide bonds. The average molecular weight is 175 g/mol. The Kier molecular flexibility index (Phi) is 7.18. The van der Waals surface area contributed by atoms with Gasteiger partial charge in [-0.1, -0.05) is 13.8 Å². The molecule has 0 bridgehead atoms. The van der Waals surface area contributed by atoms with Crippen LogP contribution >= 0.6 is 11.8 Å². The lowest BCUT2D eigenvalue weighted by molar-refractivity contribution is 0.550. The van der Waals surface area contributed by atoms with Crippen LogP contribution in [0.1, 0.15) is 40.5 Å². The summed E-state index contributed by atoms with van der Waals surface area (Å²) in [6.45, 7) is 8.41. The van der Waals surface area contributed by atoms with Crippen molar-refractivity contribution in [2.24, 2.45) is 0 Å². The van der Waals surface area contributed by atoms with E-state index >= 15 is 0 Å². The van der Waals surface area contributed by atoms with Gasteiger partial charge in [-0.25, -0.2) is 0 Å². The van der Waals surface area contributed by atoms with E-state index in [0.29, 0.717) is 6.04 Å². The molecule has 1 heterocycles. The van der Waals surface area contributed by atoms with Gasteiger partial charge < -0.3 is 5.32 Å². The van der Waals surface area contributed by atoms with Gasteiger partial charge in [0.25, 0.3) is 0 Å². The quantitative estimate of drug-likeness (QED) is 0.692. The van der Waals surface area contributed by atoms with Gasteiger partial charge in [-0.2, -0.15) is 0 Å². The molecular weight excluding hydrogens is 154 g/mol. The molecule has 2 heteroatoms. The Bertz CT molecular complexity index is 77.6. The highest BCUT2D eigenvalue weighted by atomic mass is 32.2. The van der Waals surface area contributed by atoms with E-state index < -0.39 is 0 Å². The lowest BCUT2D eigenvalue weighted by Crippen LogP contribution is -2.30. The molecule has 1 unspecified atom stereocenters. The first kappa shape index (κ1) is 11.3. The van der Waals surface area contributed by atoms with Gasteiger partial charge in [-0.05, 0) is 32.4 Å². The summed E-state index contributed by atoms with van der Waals surface area (Å²) < 4.78 is 0. The van der Waals surface area contributed by atoms with E-state index in [0.717, 1.165) is 5.37 Å². The minimum absolute atomic E-state index is 0.653. The molecule has 0 aliphatic carbocycles. The summed E-state index contributed by atoms with van der Waals surface area (Å²) in [4.78, 5) is 0. The van der Waals surface area contributed by atoms with E-state index in [1.165, 1.54) is 18.6 Å². The first-order valence-corrected chi connectivity index (χ1v) is 5.71. The fraction of sp³-hybridized carbons (Fsp3) is 1.00. The largest absolute Gasteiger partial charge is 0.303 e. The Hall–Kier alpha value is 0.310. The summed E-state index contributed by atoms with van der Waals surface area (Å²) in [5, 5.41) is 4.26.